The number of hydrogen-bond acceptors (Lipinski definition) is 6. The first kappa shape index (κ1) is 19.5. The second-order valence-electron chi connectivity index (χ2n) is 7.09. The lowest BCUT2D eigenvalue weighted by molar-refractivity contribution is -0.113. The van der Waals surface area contributed by atoms with E-state index in [2.05, 4.69) is 10.2 Å². The number of halogens is 1. The van der Waals surface area contributed by atoms with Crippen LogP contribution in [-0.4, -0.2) is 43.8 Å². The standard InChI is InChI=1S/C20H22ClN3O3S/c1-24-6-2-3-17(24)20-23-22-19(28-20)8-13-7-12(4-5-16(13)21)18-10-14(26)9-15(11-25)27-18/h2-7,14-15,18,25-26H,8-11H2,1H3. The molecule has 2 N–H and O–H groups in total. The van der Waals surface area contributed by atoms with Gasteiger partial charge in [-0.05, 0) is 29.3 Å². The monoisotopic (exact) mass is 419 g/mol. The summed E-state index contributed by atoms with van der Waals surface area (Å²) in [7, 11) is 1.98. The van der Waals surface area contributed by atoms with Gasteiger partial charge in [-0.1, -0.05) is 35.1 Å². The predicted molar refractivity (Wildman–Crippen MR) is 109 cm³/mol. The molecule has 28 heavy (non-hydrogen) atoms. The van der Waals surface area contributed by atoms with E-state index in [9.17, 15) is 10.2 Å². The summed E-state index contributed by atoms with van der Waals surface area (Å²) >= 11 is 7.97. The minimum Gasteiger partial charge on any atom is -0.394 e. The molecule has 4 rings (SSSR count). The molecular formula is C20H22ClN3O3S. The number of benzene rings is 1. The summed E-state index contributed by atoms with van der Waals surface area (Å²) in [6.45, 7) is -0.0965. The molecule has 6 nitrogen and oxygen atoms in total. The smallest absolute Gasteiger partial charge is 0.164 e. The van der Waals surface area contributed by atoms with E-state index in [1.165, 1.54) is 0 Å². The molecule has 148 valence electrons. The summed E-state index contributed by atoms with van der Waals surface area (Å²) in [4.78, 5) is 0. The van der Waals surface area contributed by atoms with Crippen LogP contribution in [-0.2, 0) is 18.2 Å². The van der Waals surface area contributed by atoms with Gasteiger partial charge in [-0.25, -0.2) is 0 Å². The van der Waals surface area contributed by atoms with Gasteiger partial charge in [0.05, 0.1) is 30.6 Å². The van der Waals surface area contributed by atoms with E-state index in [4.69, 9.17) is 16.3 Å². The van der Waals surface area contributed by atoms with Crippen LogP contribution in [0.1, 0.15) is 35.1 Å². The van der Waals surface area contributed by atoms with Crippen molar-refractivity contribution in [3.8, 4) is 10.7 Å². The number of nitrogens with zero attached hydrogens (tertiary/aromatic N) is 3. The molecule has 0 radical (unpaired) electrons. The van der Waals surface area contributed by atoms with Gasteiger partial charge in [-0.2, -0.15) is 0 Å². The molecule has 2 aromatic heterocycles. The van der Waals surface area contributed by atoms with Crippen molar-refractivity contribution in [1.29, 1.82) is 0 Å². The summed E-state index contributed by atoms with van der Waals surface area (Å²) in [5.74, 6) is 0. The van der Waals surface area contributed by atoms with Gasteiger partial charge >= 0.3 is 0 Å². The third-order valence-electron chi connectivity index (χ3n) is 4.99. The Hall–Kier alpha value is -1.77. The molecule has 1 aliphatic heterocycles. The van der Waals surface area contributed by atoms with Gasteiger partial charge in [0, 0.05) is 37.5 Å². The summed E-state index contributed by atoms with van der Waals surface area (Å²) in [5.41, 5.74) is 2.92. The largest absolute Gasteiger partial charge is 0.394 e. The number of rotatable bonds is 5. The maximum atomic E-state index is 10.1. The molecule has 0 bridgehead atoms. The Morgan fingerprint density at radius 1 is 1.29 bits per heavy atom. The highest BCUT2D eigenvalue weighted by Gasteiger charge is 2.29. The van der Waals surface area contributed by atoms with Gasteiger partial charge in [-0.3, -0.25) is 0 Å². The maximum Gasteiger partial charge on any atom is 0.164 e. The van der Waals surface area contributed by atoms with Crippen molar-refractivity contribution in [1.82, 2.24) is 14.8 Å². The van der Waals surface area contributed by atoms with Crippen LogP contribution in [0.3, 0.4) is 0 Å². The van der Waals surface area contributed by atoms with Crippen LogP contribution in [0, 0.1) is 0 Å². The Morgan fingerprint density at radius 3 is 2.89 bits per heavy atom. The van der Waals surface area contributed by atoms with Crippen LogP contribution in [0.15, 0.2) is 36.5 Å². The molecule has 1 fully saturated rings. The van der Waals surface area contributed by atoms with Crippen LogP contribution in [0.2, 0.25) is 5.02 Å². The van der Waals surface area contributed by atoms with Crippen LogP contribution in [0.5, 0.6) is 0 Å². The summed E-state index contributed by atoms with van der Waals surface area (Å²) in [6.07, 6.45) is 2.44. The Kier molecular flexibility index (Phi) is 5.80. The van der Waals surface area contributed by atoms with E-state index in [1.807, 2.05) is 48.1 Å². The molecule has 0 aliphatic carbocycles. The fourth-order valence-electron chi connectivity index (χ4n) is 3.53. The molecule has 3 heterocycles. The van der Waals surface area contributed by atoms with Gasteiger partial charge in [0.2, 0.25) is 0 Å². The topological polar surface area (TPSA) is 80.4 Å². The molecule has 1 aromatic carbocycles. The lowest BCUT2D eigenvalue weighted by Gasteiger charge is -2.32. The SMILES string of the molecule is Cn1cccc1-c1nnc(Cc2cc(C3CC(O)CC(CO)O3)ccc2Cl)s1. The third-order valence-corrected chi connectivity index (χ3v) is 6.31. The number of hydrogen-bond donors (Lipinski definition) is 2. The molecule has 1 aliphatic rings. The molecule has 3 atom stereocenters. The van der Waals surface area contributed by atoms with E-state index >= 15 is 0 Å². The zero-order chi connectivity index (χ0) is 19.7. The van der Waals surface area contributed by atoms with Crippen LogP contribution < -0.4 is 0 Å². The average Bonchev–Trinajstić information content (AvgIpc) is 3.31. The van der Waals surface area contributed by atoms with E-state index in [-0.39, 0.29) is 18.8 Å². The maximum absolute atomic E-state index is 10.1. The molecule has 1 saturated heterocycles. The van der Waals surface area contributed by atoms with Crippen molar-refractivity contribution in [2.45, 2.75) is 37.6 Å². The van der Waals surface area contributed by atoms with Gasteiger partial charge < -0.3 is 19.5 Å². The molecular weight excluding hydrogens is 398 g/mol. The summed E-state index contributed by atoms with van der Waals surface area (Å²) < 4.78 is 7.94. The zero-order valence-electron chi connectivity index (χ0n) is 15.5. The van der Waals surface area contributed by atoms with Gasteiger partial charge in [-0.15, -0.1) is 10.2 Å². The lowest BCUT2D eigenvalue weighted by Crippen LogP contribution is -2.33. The number of aliphatic hydroxyl groups is 2. The Bertz CT molecular complexity index is 958. The molecule has 3 unspecified atom stereocenters. The predicted octanol–water partition coefficient (Wildman–Crippen LogP) is 3.36. The van der Waals surface area contributed by atoms with Crippen molar-refractivity contribution in [3.05, 3.63) is 57.7 Å². The molecule has 8 heteroatoms. The first-order valence-electron chi connectivity index (χ1n) is 9.20. The molecule has 3 aromatic rings. The summed E-state index contributed by atoms with van der Waals surface area (Å²) in [5, 5.41) is 30.5. The minimum absolute atomic E-state index is 0.0965. The Morgan fingerprint density at radius 2 is 2.14 bits per heavy atom. The zero-order valence-corrected chi connectivity index (χ0v) is 17.0. The first-order chi connectivity index (χ1) is 13.5. The fraction of sp³-hybridized carbons (Fsp3) is 0.400. The highest BCUT2D eigenvalue weighted by atomic mass is 35.5. The molecule has 0 spiro atoms. The van der Waals surface area contributed by atoms with E-state index < -0.39 is 6.10 Å². The van der Waals surface area contributed by atoms with Crippen molar-refractivity contribution < 1.29 is 14.9 Å². The first-order valence-corrected chi connectivity index (χ1v) is 10.4. The van der Waals surface area contributed by atoms with Crippen LogP contribution in [0.25, 0.3) is 10.7 Å². The average molecular weight is 420 g/mol. The molecule has 0 amide bonds. The van der Waals surface area contributed by atoms with Crippen molar-refractivity contribution >= 4 is 22.9 Å². The van der Waals surface area contributed by atoms with E-state index in [1.54, 1.807) is 11.3 Å². The Labute approximate surface area is 172 Å². The lowest BCUT2D eigenvalue weighted by atomic mass is 9.95. The van der Waals surface area contributed by atoms with E-state index in [0.29, 0.717) is 24.3 Å². The van der Waals surface area contributed by atoms with Crippen molar-refractivity contribution in [2.75, 3.05) is 6.61 Å². The second kappa shape index (κ2) is 8.31. The third kappa shape index (κ3) is 4.14. The van der Waals surface area contributed by atoms with Gasteiger partial charge in [0.15, 0.2) is 5.01 Å². The highest BCUT2D eigenvalue weighted by molar-refractivity contribution is 7.14. The number of aromatic nitrogens is 3. The normalized spacial score (nSPS) is 22.5. The highest BCUT2D eigenvalue weighted by Crippen LogP contribution is 2.34. The number of ether oxygens (including phenoxy) is 1. The Balaban J connectivity index is 1.55. The van der Waals surface area contributed by atoms with Crippen molar-refractivity contribution in [2.24, 2.45) is 7.05 Å². The van der Waals surface area contributed by atoms with Gasteiger partial charge in [0.25, 0.3) is 0 Å². The quantitative estimate of drug-likeness (QED) is 0.662. The molecule has 0 saturated carbocycles. The van der Waals surface area contributed by atoms with Crippen LogP contribution >= 0.6 is 22.9 Å². The fourth-order valence-corrected chi connectivity index (χ4v) is 4.64. The number of aryl methyl sites for hydroxylation is 1. The minimum atomic E-state index is -0.481. The second-order valence-corrected chi connectivity index (χ2v) is 8.56. The van der Waals surface area contributed by atoms with Crippen molar-refractivity contribution in [3.63, 3.8) is 0 Å². The van der Waals surface area contributed by atoms with Crippen LogP contribution in [0.4, 0.5) is 0 Å². The van der Waals surface area contributed by atoms with E-state index in [0.717, 1.165) is 26.8 Å². The number of aliphatic hydroxyl groups excluding tert-OH is 2. The summed E-state index contributed by atoms with van der Waals surface area (Å²) in [6, 6.07) is 9.77. The van der Waals surface area contributed by atoms with Gasteiger partial charge in [0.1, 0.15) is 5.01 Å².